The standard InChI is InChI=1S/C23H24FN3O2.U/c1-23-13-17-14-25-27(21-8-6-20(24)7-9-21)22(17)12-18(23)4-2-5-19(23)15-26(16-29)10-3-11-28;/h6-9,11-12,14H,2-5,10,13,15H2,1H3;/q-2;+2/t23-;/m0./s1. The van der Waals surface area contributed by atoms with Crippen LogP contribution in [0.5, 0.6) is 0 Å². The Morgan fingerprint density at radius 1 is 1.37 bits per heavy atom. The van der Waals surface area contributed by atoms with Gasteiger partial charge in [-0.25, -0.2) is 9.07 Å². The molecule has 1 saturated carbocycles. The van der Waals surface area contributed by atoms with Crippen LogP contribution in [0, 0.1) is 48.3 Å². The van der Waals surface area contributed by atoms with Crippen molar-refractivity contribution in [1.29, 1.82) is 0 Å². The third-order valence-electron chi connectivity index (χ3n) is 6.25. The van der Waals surface area contributed by atoms with Gasteiger partial charge in [-0.2, -0.15) is 17.9 Å². The summed E-state index contributed by atoms with van der Waals surface area (Å²) in [7, 11) is 0. The van der Waals surface area contributed by atoms with Crippen molar-refractivity contribution in [3.8, 4) is 5.69 Å². The van der Waals surface area contributed by atoms with Crippen LogP contribution in [0.25, 0.3) is 11.8 Å². The van der Waals surface area contributed by atoms with Gasteiger partial charge >= 0.3 is 31.1 Å². The average Bonchev–Trinajstić information content (AvgIpc) is 3.12. The molecule has 1 amide bonds. The van der Waals surface area contributed by atoms with E-state index in [1.807, 2.05) is 17.3 Å². The maximum Gasteiger partial charge on any atom is 2.00 e. The summed E-state index contributed by atoms with van der Waals surface area (Å²) >= 11 is 0. The van der Waals surface area contributed by atoms with E-state index in [2.05, 4.69) is 18.1 Å². The maximum absolute atomic E-state index is 13.3. The van der Waals surface area contributed by atoms with Crippen LogP contribution in [-0.4, -0.2) is 40.5 Å². The van der Waals surface area contributed by atoms with Gasteiger partial charge in [0.1, 0.15) is 12.1 Å². The van der Waals surface area contributed by atoms with Crippen molar-refractivity contribution in [3.05, 3.63) is 59.0 Å². The van der Waals surface area contributed by atoms with E-state index in [1.54, 1.807) is 17.0 Å². The van der Waals surface area contributed by atoms with Gasteiger partial charge in [-0.1, -0.05) is 18.9 Å². The third kappa shape index (κ3) is 4.33. The van der Waals surface area contributed by atoms with E-state index < -0.39 is 0 Å². The molecule has 0 unspecified atom stereocenters. The van der Waals surface area contributed by atoms with E-state index in [-0.39, 0.29) is 42.3 Å². The summed E-state index contributed by atoms with van der Waals surface area (Å²) in [6.45, 7) is 3.18. The van der Waals surface area contributed by atoms with Crippen molar-refractivity contribution in [2.45, 2.75) is 39.0 Å². The number of amides is 1. The van der Waals surface area contributed by atoms with E-state index in [0.717, 1.165) is 48.9 Å². The van der Waals surface area contributed by atoms with E-state index >= 15 is 0 Å². The van der Waals surface area contributed by atoms with E-state index in [1.165, 1.54) is 23.6 Å². The Bertz CT molecular complexity index is 940. The molecule has 2 aromatic rings. The van der Waals surface area contributed by atoms with Gasteiger partial charge in [0.05, 0.1) is 17.6 Å². The van der Waals surface area contributed by atoms with E-state index in [4.69, 9.17) is 0 Å². The molecule has 0 saturated heterocycles. The predicted octanol–water partition coefficient (Wildman–Crippen LogP) is 3.67. The van der Waals surface area contributed by atoms with Gasteiger partial charge in [-0.15, -0.1) is 12.0 Å². The molecule has 2 aliphatic carbocycles. The van der Waals surface area contributed by atoms with Crippen LogP contribution in [0.1, 0.15) is 43.9 Å². The van der Waals surface area contributed by atoms with Crippen LogP contribution < -0.4 is 0 Å². The summed E-state index contributed by atoms with van der Waals surface area (Å²) in [5.74, 6) is 1.04. The molecule has 1 fully saturated rings. The summed E-state index contributed by atoms with van der Waals surface area (Å²) in [6, 6.07) is 6.36. The minimum atomic E-state index is -0.265. The summed E-state index contributed by atoms with van der Waals surface area (Å²) < 4.78 is 15.2. The molecular formula is C23H24FN3O2U. The summed E-state index contributed by atoms with van der Waals surface area (Å²) in [4.78, 5) is 23.6. The number of nitrogens with zero attached hydrogens (tertiary/aromatic N) is 3. The number of hydrogen-bond donors (Lipinski definition) is 0. The van der Waals surface area contributed by atoms with Gasteiger partial charge in [0.15, 0.2) is 0 Å². The SMILES string of the molecule is C[C@]12Cc3cnn(-c4ccc(F)cc4)c3C=C1CCC[C-]2CN([C-]=O)CCC=O.[U+2]. The molecule has 0 spiro atoms. The number of carbonyl (C=O) groups excluding carboxylic acids is 2. The quantitative estimate of drug-likeness (QED) is 0.267. The summed E-state index contributed by atoms with van der Waals surface area (Å²) in [6.07, 6.45) is 11.1. The van der Waals surface area contributed by atoms with Crippen LogP contribution >= 0.6 is 0 Å². The number of rotatable bonds is 7. The molecule has 4 rings (SSSR count). The molecule has 1 heterocycles. The fourth-order valence-corrected chi connectivity index (χ4v) is 4.61. The van der Waals surface area contributed by atoms with Gasteiger partial charge in [-0.05, 0) is 55.3 Å². The number of benzene rings is 1. The number of halogens is 1. The molecule has 2 aliphatic rings. The second kappa shape index (κ2) is 9.62. The molecule has 0 radical (unpaired) electrons. The van der Waals surface area contributed by atoms with E-state index in [0.29, 0.717) is 19.5 Å². The van der Waals surface area contributed by atoms with Gasteiger partial charge in [-0.3, -0.25) is 5.92 Å². The Hall–Kier alpha value is -1.71. The number of allylic oxidation sites excluding steroid dienone is 1. The fraction of sp³-hybridized carbons (Fsp3) is 0.391. The first kappa shape index (κ1) is 23.0. The van der Waals surface area contributed by atoms with Crippen LogP contribution in [0.15, 0.2) is 36.0 Å². The summed E-state index contributed by atoms with van der Waals surface area (Å²) in [5, 5.41) is 4.56. The van der Waals surface area contributed by atoms with Crippen molar-refractivity contribution >= 4 is 18.8 Å². The largest absolute Gasteiger partial charge is 2.00 e. The molecule has 154 valence electrons. The number of aromatic nitrogens is 2. The monoisotopic (exact) mass is 631 g/mol. The Morgan fingerprint density at radius 3 is 2.83 bits per heavy atom. The molecule has 7 heteroatoms. The summed E-state index contributed by atoms with van der Waals surface area (Å²) in [5.41, 5.74) is 4.25. The first-order chi connectivity index (χ1) is 14.0. The van der Waals surface area contributed by atoms with Gasteiger partial charge in [0, 0.05) is 6.42 Å². The molecule has 0 bridgehead atoms. The molecule has 0 aliphatic heterocycles. The Kier molecular flexibility index (Phi) is 7.36. The molecule has 1 aromatic carbocycles. The van der Waals surface area contributed by atoms with E-state index in [9.17, 15) is 14.0 Å². The number of carbonyl (C=O) groups is 1. The zero-order chi connectivity index (χ0) is 20.4. The van der Waals surface area contributed by atoms with Crippen molar-refractivity contribution in [1.82, 2.24) is 14.7 Å². The average molecular weight is 631 g/mol. The zero-order valence-electron chi connectivity index (χ0n) is 17.0. The van der Waals surface area contributed by atoms with Crippen molar-refractivity contribution in [2.75, 3.05) is 13.1 Å². The van der Waals surface area contributed by atoms with Crippen LogP contribution in [0.3, 0.4) is 0 Å². The van der Waals surface area contributed by atoms with Gasteiger partial charge < -0.3 is 14.5 Å². The molecule has 0 N–H and O–H groups in total. The van der Waals surface area contributed by atoms with Crippen LogP contribution in [0.4, 0.5) is 4.39 Å². The fourth-order valence-electron chi connectivity index (χ4n) is 4.61. The topological polar surface area (TPSA) is 55.2 Å². The van der Waals surface area contributed by atoms with Gasteiger partial charge in [0.25, 0.3) is 0 Å². The molecule has 5 nitrogen and oxygen atoms in total. The minimum absolute atomic E-state index is 0. The molecule has 1 aromatic heterocycles. The molecule has 1 atom stereocenters. The predicted molar refractivity (Wildman–Crippen MR) is 108 cm³/mol. The van der Waals surface area contributed by atoms with Crippen LogP contribution in [0.2, 0.25) is 0 Å². The maximum atomic E-state index is 13.3. The second-order valence-corrected chi connectivity index (χ2v) is 8.05. The Labute approximate surface area is 200 Å². The smallest absolute Gasteiger partial charge is 0.541 e. The minimum Gasteiger partial charge on any atom is -0.541 e. The normalized spacial score (nSPS) is 20.4. The zero-order valence-corrected chi connectivity index (χ0v) is 21.2. The number of hydrogen-bond acceptors (Lipinski definition) is 3. The van der Waals surface area contributed by atoms with Crippen LogP contribution in [-0.2, 0) is 16.0 Å². The van der Waals surface area contributed by atoms with Crippen molar-refractivity contribution in [2.24, 2.45) is 5.41 Å². The number of fused-ring (bicyclic) bond motifs is 2. The first-order valence-corrected chi connectivity index (χ1v) is 10.0. The number of aldehydes is 1. The molecule has 30 heavy (non-hydrogen) atoms. The van der Waals surface area contributed by atoms with Crippen molar-refractivity contribution in [3.63, 3.8) is 0 Å². The third-order valence-corrected chi connectivity index (χ3v) is 6.25. The Morgan fingerprint density at radius 2 is 2.13 bits per heavy atom. The Balaban J connectivity index is 0.00000256. The molecular weight excluding hydrogens is 607 g/mol. The second-order valence-electron chi connectivity index (χ2n) is 8.05. The van der Waals surface area contributed by atoms with Crippen molar-refractivity contribution < 1.29 is 45.1 Å². The first-order valence-electron chi connectivity index (χ1n) is 10.0. The van der Waals surface area contributed by atoms with Gasteiger partial charge in [0.2, 0.25) is 0 Å².